The summed E-state index contributed by atoms with van der Waals surface area (Å²) in [5.41, 5.74) is 7.54. The van der Waals surface area contributed by atoms with Crippen LogP contribution >= 0.6 is 0 Å². The van der Waals surface area contributed by atoms with Crippen LogP contribution in [0.4, 0.5) is 11.4 Å². The van der Waals surface area contributed by atoms with Gasteiger partial charge in [-0.05, 0) is 18.6 Å². The summed E-state index contributed by atoms with van der Waals surface area (Å²) in [7, 11) is 0. The van der Waals surface area contributed by atoms with Crippen molar-refractivity contribution in [1.29, 1.82) is 0 Å². The molecule has 2 N–H and O–H groups in total. The molecule has 1 aromatic carbocycles. The Bertz CT molecular complexity index is 372. The van der Waals surface area contributed by atoms with E-state index in [2.05, 4.69) is 6.58 Å². The molecule has 0 saturated carbocycles. The van der Waals surface area contributed by atoms with E-state index in [1.165, 1.54) is 12.1 Å². The fourth-order valence-electron chi connectivity index (χ4n) is 1.05. The van der Waals surface area contributed by atoms with Crippen molar-refractivity contribution in [1.82, 2.24) is 0 Å². The first-order valence-corrected chi connectivity index (χ1v) is 3.72. The van der Waals surface area contributed by atoms with Gasteiger partial charge in [0.25, 0.3) is 5.69 Å². The maximum Gasteiger partial charge on any atom is 0.271 e. The molecule has 68 valence electrons. The summed E-state index contributed by atoms with van der Waals surface area (Å²) in [6, 6.07) is 4.36. The zero-order valence-corrected chi connectivity index (χ0v) is 7.28. The number of nitrogens with zero attached hydrogens (tertiary/aromatic N) is 1. The highest BCUT2D eigenvalue weighted by Crippen LogP contribution is 2.24. The molecule has 0 aliphatic carbocycles. The highest BCUT2D eigenvalue weighted by Gasteiger charge is 2.08. The van der Waals surface area contributed by atoms with Crippen LogP contribution in [0.5, 0.6) is 0 Å². The van der Waals surface area contributed by atoms with E-state index < -0.39 is 4.92 Å². The average molecular weight is 178 g/mol. The Kier molecular flexibility index (Phi) is 2.32. The molecule has 0 aliphatic rings. The molecule has 0 radical (unpaired) electrons. The number of nitro benzene ring substituents is 1. The van der Waals surface area contributed by atoms with Gasteiger partial charge >= 0.3 is 0 Å². The van der Waals surface area contributed by atoms with Crippen LogP contribution in [0.15, 0.2) is 24.8 Å². The molecule has 0 aliphatic heterocycles. The zero-order chi connectivity index (χ0) is 10.0. The molecule has 0 atom stereocenters. The van der Waals surface area contributed by atoms with Crippen molar-refractivity contribution >= 4 is 16.9 Å². The second-order valence-corrected chi connectivity index (χ2v) is 2.81. The largest absolute Gasteiger partial charge is 0.398 e. The predicted octanol–water partition coefficient (Wildman–Crippen LogP) is 2.21. The van der Waals surface area contributed by atoms with E-state index in [-0.39, 0.29) is 5.69 Å². The van der Waals surface area contributed by atoms with Crippen molar-refractivity contribution in [3.05, 3.63) is 40.5 Å². The van der Waals surface area contributed by atoms with Crippen molar-refractivity contribution in [2.45, 2.75) is 6.92 Å². The lowest BCUT2D eigenvalue weighted by Crippen LogP contribution is -1.94. The molecule has 0 unspecified atom stereocenters. The molecule has 4 heteroatoms. The number of nitrogens with two attached hydrogens (primary N) is 1. The topological polar surface area (TPSA) is 69.2 Å². The van der Waals surface area contributed by atoms with Crippen molar-refractivity contribution in [2.75, 3.05) is 5.73 Å². The predicted molar refractivity (Wildman–Crippen MR) is 52.2 cm³/mol. The van der Waals surface area contributed by atoms with Gasteiger partial charge < -0.3 is 5.73 Å². The van der Waals surface area contributed by atoms with E-state index in [0.29, 0.717) is 5.69 Å². The van der Waals surface area contributed by atoms with Gasteiger partial charge in [-0.15, -0.1) is 0 Å². The summed E-state index contributed by atoms with van der Waals surface area (Å²) in [4.78, 5) is 9.89. The van der Waals surface area contributed by atoms with Crippen LogP contribution in [-0.2, 0) is 0 Å². The van der Waals surface area contributed by atoms with Crippen molar-refractivity contribution in [2.24, 2.45) is 0 Å². The quantitative estimate of drug-likeness (QED) is 0.428. The number of nitrogen functional groups attached to an aromatic ring is 1. The summed E-state index contributed by atoms with van der Waals surface area (Å²) >= 11 is 0. The molecule has 0 bridgehead atoms. The Balaban J connectivity index is 3.20. The van der Waals surface area contributed by atoms with Crippen molar-refractivity contribution < 1.29 is 4.92 Å². The number of non-ortho nitro benzene ring substituents is 1. The molecule has 4 nitrogen and oxygen atoms in total. The number of benzene rings is 1. The molecule has 0 heterocycles. The minimum atomic E-state index is -0.474. The minimum Gasteiger partial charge on any atom is -0.398 e. The molecule has 0 saturated heterocycles. The van der Waals surface area contributed by atoms with Gasteiger partial charge in [-0.1, -0.05) is 6.58 Å². The maximum atomic E-state index is 10.4. The second kappa shape index (κ2) is 3.26. The van der Waals surface area contributed by atoms with Gasteiger partial charge in [-0.25, -0.2) is 0 Å². The number of allylic oxidation sites excluding steroid dienone is 1. The average Bonchev–Trinajstić information content (AvgIpc) is 2.03. The van der Waals surface area contributed by atoms with Gasteiger partial charge in [0.15, 0.2) is 0 Å². The van der Waals surface area contributed by atoms with E-state index in [9.17, 15) is 10.1 Å². The fraction of sp³-hybridized carbons (Fsp3) is 0.111. The van der Waals surface area contributed by atoms with Gasteiger partial charge in [0, 0.05) is 23.4 Å². The highest BCUT2D eigenvalue weighted by molar-refractivity contribution is 5.74. The van der Waals surface area contributed by atoms with Crippen LogP contribution in [0.25, 0.3) is 5.57 Å². The third-order valence-electron chi connectivity index (χ3n) is 1.71. The Hall–Kier alpha value is -1.84. The number of nitro groups is 1. The van der Waals surface area contributed by atoms with Crippen molar-refractivity contribution in [3.63, 3.8) is 0 Å². The Labute approximate surface area is 75.8 Å². The molecule has 0 fully saturated rings. The highest BCUT2D eigenvalue weighted by atomic mass is 16.6. The Morgan fingerprint density at radius 3 is 2.62 bits per heavy atom. The van der Waals surface area contributed by atoms with E-state index >= 15 is 0 Å². The maximum absolute atomic E-state index is 10.4. The van der Waals surface area contributed by atoms with Gasteiger partial charge in [0.1, 0.15) is 0 Å². The fourth-order valence-corrected chi connectivity index (χ4v) is 1.05. The van der Waals surface area contributed by atoms with Gasteiger partial charge in [-0.2, -0.15) is 0 Å². The molecular weight excluding hydrogens is 168 g/mol. The number of rotatable bonds is 2. The van der Waals surface area contributed by atoms with Crippen LogP contribution in [0, 0.1) is 10.1 Å². The number of anilines is 1. The lowest BCUT2D eigenvalue weighted by atomic mass is 10.1. The first kappa shape index (κ1) is 9.25. The molecule has 1 rings (SSSR count). The Morgan fingerprint density at radius 2 is 2.23 bits per heavy atom. The Morgan fingerprint density at radius 1 is 1.62 bits per heavy atom. The lowest BCUT2D eigenvalue weighted by molar-refractivity contribution is -0.384. The van der Waals surface area contributed by atoms with Crippen LogP contribution in [0.1, 0.15) is 12.5 Å². The van der Waals surface area contributed by atoms with E-state index in [1.54, 1.807) is 13.0 Å². The van der Waals surface area contributed by atoms with Crippen molar-refractivity contribution in [3.8, 4) is 0 Å². The molecule has 13 heavy (non-hydrogen) atoms. The number of hydrogen-bond acceptors (Lipinski definition) is 3. The van der Waals surface area contributed by atoms with Crippen LogP contribution in [0.3, 0.4) is 0 Å². The number of hydrogen-bond donors (Lipinski definition) is 1. The summed E-state index contributed by atoms with van der Waals surface area (Å²) in [6.45, 7) is 5.51. The molecule has 0 aromatic heterocycles. The minimum absolute atomic E-state index is 0.00231. The third kappa shape index (κ3) is 1.84. The van der Waals surface area contributed by atoms with E-state index in [0.717, 1.165) is 11.1 Å². The molecule has 1 aromatic rings. The van der Waals surface area contributed by atoms with E-state index in [4.69, 9.17) is 5.73 Å². The first-order valence-electron chi connectivity index (χ1n) is 3.72. The lowest BCUT2D eigenvalue weighted by Gasteiger charge is -2.03. The first-order chi connectivity index (χ1) is 6.02. The molecular formula is C9H10N2O2. The summed E-state index contributed by atoms with van der Waals surface area (Å²) < 4.78 is 0. The SMILES string of the molecule is C=C(C)c1ccc([N+](=O)[O-])cc1N. The smallest absolute Gasteiger partial charge is 0.271 e. The van der Waals surface area contributed by atoms with Crippen LogP contribution < -0.4 is 5.73 Å². The van der Waals surface area contributed by atoms with Gasteiger partial charge in [0.2, 0.25) is 0 Å². The monoisotopic (exact) mass is 178 g/mol. The van der Waals surface area contributed by atoms with Crippen LogP contribution in [-0.4, -0.2) is 4.92 Å². The van der Waals surface area contributed by atoms with Gasteiger partial charge in [-0.3, -0.25) is 10.1 Å². The summed E-state index contributed by atoms with van der Waals surface area (Å²) in [5.74, 6) is 0. The van der Waals surface area contributed by atoms with Crippen LogP contribution in [0.2, 0.25) is 0 Å². The standard InChI is InChI=1S/C9H10N2O2/c1-6(2)8-4-3-7(11(12)13)5-9(8)10/h3-5H,1,10H2,2H3. The second-order valence-electron chi connectivity index (χ2n) is 2.81. The molecule has 0 spiro atoms. The normalized spacial score (nSPS) is 9.62. The third-order valence-corrected chi connectivity index (χ3v) is 1.71. The van der Waals surface area contributed by atoms with Gasteiger partial charge in [0.05, 0.1) is 4.92 Å². The molecule has 0 amide bonds. The summed E-state index contributed by atoms with van der Waals surface area (Å²) in [5, 5.41) is 10.4. The zero-order valence-electron chi connectivity index (χ0n) is 7.28. The van der Waals surface area contributed by atoms with E-state index in [1.807, 2.05) is 0 Å². The summed E-state index contributed by atoms with van der Waals surface area (Å²) in [6.07, 6.45) is 0.